The van der Waals surface area contributed by atoms with Gasteiger partial charge in [0.15, 0.2) is 17.5 Å². The molecule has 0 saturated heterocycles. The zero-order valence-corrected chi connectivity index (χ0v) is 47.8. The van der Waals surface area contributed by atoms with Crippen molar-refractivity contribution in [2.45, 2.75) is 108 Å². The number of nitrogens with two attached hydrogens (primary N) is 1. The van der Waals surface area contributed by atoms with Crippen LogP contribution < -0.4 is 52.6 Å². The lowest BCUT2D eigenvalue weighted by atomic mass is 9.78. The maximum Gasteiger partial charge on any atom is 0.492 e. The van der Waals surface area contributed by atoms with Crippen LogP contribution in [0, 0.1) is 5.92 Å². The van der Waals surface area contributed by atoms with Crippen molar-refractivity contribution in [2.24, 2.45) is 11.7 Å². The lowest BCUT2D eigenvalue weighted by Gasteiger charge is -2.33. The number of aliphatic hydroxyl groups is 2. The van der Waals surface area contributed by atoms with Crippen LogP contribution in [0.3, 0.4) is 0 Å². The van der Waals surface area contributed by atoms with Crippen molar-refractivity contribution in [1.29, 1.82) is 0 Å². The second-order valence-electron chi connectivity index (χ2n) is 22.5. The number of hydrogen-bond acceptors (Lipinski definition) is 20. The SMILES string of the molecule is CC(C)C[C@H](C(=O)N[C@H]1C(=O)N[C@@H](CC(N)=O)C(=O)N[C@H]2C(=O)N[C@H]3C(=O)N[C@H](C(=O)N[C@H](C(=O)O)c4cc(O)cc(O)c4-c4cc3ccc4O)[C@H](O)c3ccc(cc3)Oc3cc2cc(c3O)Oc2ccc(cc2B(O)O)[C@H]1O)N(C)C(=O)OC(C)(C)C. The first-order valence-electron chi connectivity index (χ1n) is 27.2. The Kier molecular flexibility index (Phi) is 18.4. The second-order valence-corrected chi connectivity index (χ2v) is 22.5. The number of hydrogen-bond donors (Lipinski definition) is 16. The number of primary amides is 1. The lowest BCUT2D eigenvalue weighted by Crippen LogP contribution is -2.59. The van der Waals surface area contributed by atoms with Crippen LogP contribution in [0.4, 0.5) is 4.79 Å². The zero-order chi connectivity index (χ0) is 64.5. The smallest absolute Gasteiger partial charge is 0.492 e. The predicted octanol–water partition coefficient (Wildman–Crippen LogP) is 0.416. The Morgan fingerprint density at radius 3 is 1.93 bits per heavy atom. The third-order valence-corrected chi connectivity index (χ3v) is 14.4. The highest BCUT2D eigenvalue weighted by molar-refractivity contribution is 6.59. The van der Waals surface area contributed by atoms with E-state index < -0.39 is 195 Å². The number of fused-ring (bicyclic) bond motifs is 15. The number of phenolic OH excluding ortho intramolecular Hbond substituents is 4. The van der Waals surface area contributed by atoms with Gasteiger partial charge in [-0.1, -0.05) is 44.2 Å². The third kappa shape index (κ3) is 13.9. The number of rotatable bonds is 9. The van der Waals surface area contributed by atoms with Gasteiger partial charge in [0.1, 0.15) is 82.8 Å². The van der Waals surface area contributed by atoms with Crippen LogP contribution in [0.5, 0.6) is 46.0 Å². The van der Waals surface area contributed by atoms with Gasteiger partial charge in [-0.15, -0.1) is 0 Å². The molecule has 11 bridgehead atoms. The minimum atomic E-state index is -2.47. The van der Waals surface area contributed by atoms with Gasteiger partial charge < -0.3 is 97.6 Å². The maximum absolute atomic E-state index is 15.5. The average Bonchev–Trinajstić information content (AvgIpc) is 1.25. The Morgan fingerprint density at radius 2 is 1.31 bits per heavy atom. The fourth-order valence-corrected chi connectivity index (χ4v) is 10.1. The first kappa shape index (κ1) is 63.8. The Labute approximate surface area is 500 Å². The number of phenols is 4. The molecule has 5 aliphatic heterocycles. The summed E-state index contributed by atoms with van der Waals surface area (Å²) in [5.41, 5.74) is 1.41. The van der Waals surface area contributed by atoms with Gasteiger partial charge in [0.25, 0.3) is 0 Å². The normalized spacial score (nSPS) is 21.5. The van der Waals surface area contributed by atoms with E-state index in [2.05, 4.69) is 31.9 Å². The molecular formula is C58H63BN8O21. The quantitative estimate of drug-likeness (QED) is 0.0889. The predicted molar refractivity (Wildman–Crippen MR) is 305 cm³/mol. The van der Waals surface area contributed by atoms with E-state index in [1.165, 1.54) is 31.3 Å². The molecule has 17 N–H and O–H groups in total. The van der Waals surface area contributed by atoms with Crippen LogP contribution in [0.25, 0.3) is 11.1 Å². The van der Waals surface area contributed by atoms with Gasteiger partial charge in [0.2, 0.25) is 47.1 Å². The number of ether oxygens (including phenoxy) is 3. The van der Waals surface area contributed by atoms with Crippen LogP contribution in [0.15, 0.2) is 84.9 Å². The summed E-state index contributed by atoms with van der Waals surface area (Å²) >= 11 is 0. The monoisotopic (exact) mass is 1220 g/mol. The molecule has 0 fully saturated rings. The van der Waals surface area contributed by atoms with Gasteiger partial charge in [-0.05, 0) is 104 Å². The third-order valence-electron chi connectivity index (χ3n) is 14.4. The van der Waals surface area contributed by atoms with Gasteiger partial charge in [-0.25, -0.2) is 9.59 Å². The highest BCUT2D eigenvalue weighted by atomic mass is 16.6. The number of carbonyl (C=O) groups excluding carboxylic acids is 8. The molecule has 0 spiro atoms. The van der Waals surface area contributed by atoms with Gasteiger partial charge in [0.05, 0.1) is 6.42 Å². The molecule has 5 heterocycles. The molecule has 88 heavy (non-hydrogen) atoms. The van der Waals surface area contributed by atoms with E-state index >= 15 is 9.59 Å². The summed E-state index contributed by atoms with van der Waals surface area (Å²) in [6, 6.07) is 0.166. The molecule has 0 aromatic heterocycles. The minimum absolute atomic E-state index is 0.0501. The van der Waals surface area contributed by atoms with Crippen LogP contribution in [-0.4, -0.2) is 148 Å². The number of carboxylic acid groups (broad SMARTS) is 1. The standard InChI is InChI=1S/C58H63BN8O21/c1-23(2)15-34(67(6)57(83)88-58(3,4)5)51(76)65-46-48(73)26-10-14-37(32(17-26)59(84)85)87-39-19-27-18-38(49(39)74)86-29-11-7-24(8-12-29)47(72)45-55(80)64-44(56(81)82)31-20-28(68)21-36(70)41(31)30-16-25(9-13-35(30)69)42(52(77)66-45)63-53(78)43(27)62-50(75)33(22-40(60)71)61-54(46)79/h7-14,16-21,23,33-34,42-48,68-70,72-74,84-85H,15,22H2,1-6H3,(H2,60,71)(H,61,79)(H,62,75)(H,63,78)(H,64,80)(H,65,76)(H,66,77)(H,81,82)/t33-,34+,42+,43+,44-,45-,46+,47+,48+/m0/s1. The van der Waals surface area contributed by atoms with E-state index in [1.807, 2.05) is 0 Å². The van der Waals surface area contributed by atoms with Crippen molar-refractivity contribution in [3.63, 3.8) is 0 Å². The molecule has 0 radical (unpaired) electrons. The number of nitrogens with zero attached hydrogens (tertiary/aromatic N) is 1. The van der Waals surface area contributed by atoms with Crippen LogP contribution in [0.1, 0.15) is 106 Å². The molecule has 464 valence electrons. The van der Waals surface area contributed by atoms with Crippen molar-refractivity contribution in [1.82, 2.24) is 36.8 Å². The Bertz CT molecular complexity index is 3630. The van der Waals surface area contributed by atoms with Gasteiger partial charge in [-0.3, -0.25) is 38.5 Å². The second kappa shape index (κ2) is 25.4. The molecule has 0 saturated carbocycles. The topological polar surface area (TPSA) is 465 Å². The average molecular weight is 1220 g/mol. The van der Waals surface area contributed by atoms with E-state index in [0.29, 0.717) is 0 Å². The van der Waals surface area contributed by atoms with Crippen molar-refractivity contribution >= 4 is 66.0 Å². The Balaban J connectivity index is 1.34. The van der Waals surface area contributed by atoms with Crippen molar-refractivity contribution in [3.05, 3.63) is 113 Å². The Hall–Kier alpha value is -10.2. The fourth-order valence-electron chi connectivity index (χ4n) is 10.1. The molecular weight excluding hydrogens is 1160 g/mol. The van der Waals surface area contributed by atoms with Crippen molar-refractivity contribution in [3.8, 4) is 57.1 Å². The molecule has 5 aromatic carbocycles. The number of aromatic hydroxyl groups is 4. The summed E-state index contributed by atoms with van der Waals surface area (Å²) < 4.78 is 17.7. The summed E-state index contributed by atoms with van der Waals surface area (Å²) in [6.45, 7) is 8.20. The maximum atomic E-state index is 15.5. The summed E-state index contributed by atoms with van der Waals surface area (Å²) in [5, 5.41) is 116. The number of carboxylic acids is 1. The Morgan fingerprint density at radius 1 is 0.693 bits per heavy atom. The minimum Gasteiger partial charge on any atom is -0.508 e. The number of carbonyl (C=O) groups is 9. The molecule has 5 aromatic rings. The van der Waals surface area contributed by atoms with E-state index in [0.717, 1.165) is 65.6 Å². The molecule has 10 rings (SSSR count). The van der Waals surface area contributed by atoms with Gasteiger partial charge in [-0.2, -0.15) is 0 Å². The number of aliphatic carboxylic acids is 1. The molecule has 8 amide bonds. The highest BCUT2D eigenvalue weighted by Crippen LogP contribution is 2.46. The van der Waals surface area contributed by atoms with E-state index in [1.54, 1.807) is 34.6 Å². The van der Waals surface area contributed by atoms with Gasteiger partial charge in [0, 0.05) is 35.3 Å². The van der Waals surface area contributed by atoms with Crippen LogP contribution in [-0.2, 0) is 43.1 Å². The molecule has 29 nitrogen and oxygen atoms in total. The first-order chi connectivity index (χ1) is 41.3. The number of benzene rings is 5. The van der Waals surface area contributed by atoms with Crippen LogP contribution >= 0.6 is 0 Å². The van der Waals surface area contributed by atoms with Crippen LogP contribution in [0.2, 0.25) is 0 Å². The number of amides is 8. The summed E-state index contributed by atoms with van der Waals surface area (Å²) in [4.78, 5) is 130. The van der Waals surface area contributed by atoms with E-state index in [4.69, 9.17) is 19.9 Å². The molecule has 0 aliphatic carbocycles. The summed E-state index contributed by atoms with van der Waals surface area (Å²) in [6.07, 6.45) is -6.37. The molecule has 0 unspecified atom stereocenters. The number of likely N-dealkylation sites (N-methyl/N-ethyl adjacent to an activating group) is 1. The molecule has 5 aliphatic rings. The van der Waals surface area contributed by atoms with Gasteiger partial charge >= 0.3 is 19.2 Å². The van der Waals surface area contributed by atoms with E-state index in [-0.39, 0.29) is 34.8 Å². The molecule has 9 atom stereocenters. The van der Waals surface area contributed by atoms with Crippen molar-refractivity contribution < 1.29 is 103 Å². The van der Waals surface area contributed by atoms with E-state index in [9.17, 15) is 79.4 Å². The largest absolute Gasteiger partial charge is 0.508 e. The summed E-state index contributed by atoms with van der Waals surface area (Å²) in [7, 11) is -1.22. The highest BCUT2D eigenvalue weighted by Gasteiger charge is 2.43. The molecule has 30 heteroatoms. The first-order valence-corrected chi connectivity index (χ1v) is 27.2. The fraction of sp³-hybridized carbons (Fsp3) is 0.328. The van der Waals surface area contributed by atoms with Crippen molar-refractivity contribution in [2.75, 3.05) is 7.05 Å². The lowest BCUT2D eigenvalue weighted by molar-refractivity contribution is -0.143. The zero-order valence-electron chi connectivity index (χ0n) is 47.8. The summed E-state index contributed by atoms with van der Waals surface area (Å²) in [5.74, 6) is -16.4. The number of aliphatic hydroxyl groups excluding tert-OH is 2. The number of nitrogens with one attached hydrogen (secondary N) is 6.